The van der Waals surface area contributed by atoms with Gasteiger partial charge in [0.1, 0.15) is 5.76 Å². The highest BCUT2D eigenvalue weighted by Gasteiger charge is 2.22. The summed E-state index contributed by atoms with van der Waals surface area (Å²) in [5.41, 5.74) is 0. The van der Waals surface area contributed by atoms with Crippen LogP contribution in [0.5, 0.6) is 0 Å². The van der Waals surface area contributed by atoms with E-state index in [9.17, 15) is 0 Å². The van der Waals surface area contributed by atoms with Crippen LogP contribution in [0.3, 0.4) is 0 Å². The van der Waals surface area contributed by atoms with Crippen molar-refractivity contribution in [3.05, 3.63) is 17.8 Å². The second kappa shape index (κ2) is 6.34. The monoisotopic (exact) mass is 251 g/mol. The molecular formula is C14H25N3O. The van der Waals surface area contributed by atoms with Crippen molar-refractivity contribution in [2.24, 2.45) is 5.92 Å². The van der Waals surface area contributed by atoms with Gasteiger partial charge in [-0.05, 0) is 39.3 Å². The zero-order chi connectivity index (χ0) is 13.0. The summed E-state index contributed by atoms with van der Waals surface area (Å²) < 4.78 is 5.61. The molecule has 0 aliphatic carbocycles. The van der Waals surface area contributed by atoms with Crippen molar-refractivity contribution < 1.29 is 4.42 Å². The van der Waals surface area contributed by atoms with Gasteiger partial charge in [0, 0.05) is 19.0 Å². The molecule has 1 aromatic rings. The summed E-state index contributed by atoms with van der Waals surface area (Å²) in [6.45, 7) is 7.52. The van der Waals surface area contributed by atoms with E-state index in [1.165, 1.54) is 25.9 Å². The number of aromatic nitrogens is 1. The van der Waals surface area contributed by atoms with Crippen molar-refractivity contribution in [2.45, 2.75) is 45.7 Å². The third-order valence-electron chi connectivity index (χ3n) is 3.89. The fraction of sp³-hybridized carbons (Fsp3) is 0.786. The van der Waals surface area contributed by atoms with Crippen LogP contribution < -0.4 is 5.32 Å². The molecule has 1 aliphatic heterocycles. The van der Waals surface area contributed by atoms with Gasteiger partial charge in [0.2, 0.25) is 5.89 Å². The molecule has 1 N–H and O–H groups in total. The van der Waals surface area contributed by atoms with Gasteiger partial charge >= 0.3 is 0 Å². The first-order chi connectivity index (χ1) is 8.69. The van der Waals surface area contributed by atoms with Crippen LogP contribution in [0.2, 0.25) is 0 Å². The molecule has 4 heteroatoms. The highest BCUT2D eigenvalue weighted by Crippen LogP contribution is 2.18. The van der Waals surface area contributed by atoms with Gasteiger partial charge in [-0.1, -0.05) is 6.92 Å². The van der Waals surface area contributed by atoms with Crippen LogP contribution in [0, 0.1) is 5.92 Å². The summed E-state index contributed by atoms with van der Waals surface area (Å²) >= 11 is 0. The van der Waals surface area contributed by atoms with Gasteiger partial charge in [0.15, 0.2) is 0 Å². The topological polar surface area (TPSA) is 41.3 Å². The first-order valence-corrected chi connectivity index (χ1v) is 7.04. The van der Waals surface area contributed by atoms with Gasteiger partial charge < -0.3 is 14.6 Å². The van der Waals surface area contributed by atoms with E-state index in [1.807, 2.05) is 6.20 Å². The van der Waals surface area contributed by atoms with Crippen LogP contribution >= 0.6 is 0 Å². The lowest BCUT2D eigenvalue weighted by Crippen LogP contribution is -2.42. The second-order valence-electron chi connectivity index (χ2n) is 5.41. The van der Waals surface area contributed by atoms with E-state index >= 15 is 0 Å². The van der Waals surface area contributed by atoms with E-state index in [2.05, 4.69) is 36.1 Å². The molecule has 0 spiro atoms. The Morgan fingerprint density at radius 2 is 2.44 bits per heavy atom. The standard InChI is InChI=1S/C14H25N3O/c1-4-13-8-16-14(18-13)9-15-11(2)12-6-5-7-17(3)10-12/h8,11-12,15H,4-7,9-10H2,1-3H3. The number of piperidine rings is 1. The average Bonchev–Trinajstić information content (AvgIpc) is 2.84. The van der Waals surface area contributed by atoms with E-state index < -0.39 is 0 Å². The van der Waals surface area contributed by atoms with Crippen LogP contribution in [0.4, 0.5) is 0 Å². The van der Waals surface area contributed by atoms with Gasteiger partial charge in [-0.2, -0.15) is 0 Å². The Labute approximate surface area is 110 Å². The van der Waals surface area contributed by atoms with Crippen LogP contribution in [0.15, 0.2) is 10.6 Å². The van der Waals surface area contributed by atoms with E-state index in [4.69, 9.17) is 4.42 Å². The molecule has 102 valence electrons. The maximum Gasteiger partial charge on any atom is 0.208 e. The Bertz CT molecular complexity index is 364. The molecule has 4 nitrogen and oxygen atoms in total. The summed E-state index contributed by atoms with van der Waals surface area (Å²) in [7, 11) is 2.21. The van der Waals surface area contributed by atoms with Gasteiger partial charge in [0.05, 0.1) is 12.7 Å². The smallest absolute Gasteiger partial charge is 0.208 e. The van der Waals surface area contributed by atoms with Crippen LogP contribution in [-0.2, 0) is 13.0 Å². The third kappa shape index (κ3) is 3.56. The van der Waals surface area contributed by atoms with Gasteiger partial charge in [-0.25, -0.2) is 4.98 Å². The van der Waals surface area contributed by atoms with Gasteiger partial charge in [-0.3, -0.25) is 0 Å². The average molecular weight is 251 g/mol. The number of hydrogen-bond donors (Lipinski definition) is 1. The van der Waals surface area contributed by atoms with E-state index in [0.29, 0.717) is 6.04 Å². The van der Waals surface area contributed by atoms with Crippen molar-refractivity contribution in [1.82, 2.24) is 15.2 Å². The lowest BCUT2D eigenvalue weighted by molar-refractivity contribution is 0.177. The number of hydrogen-bond acceptors (Lipinski definition) is 4. The molecule has 0 amide bonds. The maximum atomic E-state index is 5.61. The van der Waals surface area contributed by atoms with E-state index in [1.54, 1.807) is 0 Å². The van der Waals surface area contributed by atoms with Crippen LogP contribution in [0.1, 0.15) is 38.3 Å². The Morgan fingerprint density at radius 3 is 3.11 bits per heavy atom. The number of likely N-dealkylation sites (tertiary alicyclic amines) is 1. The molecule has 1 aliphatic rings. The summed E-state index contributed by atoms with van der Waals surface area (Å²) in [6.07, 6.45) is 5.38. The van der Waals surface area contributed by atoms with Crippen LogP contribution in [-0.4, -0.2) is 36.1 Å². The Balaban J connectivity index is 1.78. The number of aryl methyl sites for hydroxylation is 1. The minimum Gasteiger partial charge on any atom is -0.444 e. The predicted molar refractivity (Wildman–Crippen MR) is 72.4 cm³/mol. The molecule has 0 radical (unpaired) electrons. The molecule has 2 rings (SSSR count). The molecule has 2 unspecified atom stereocenters. The zero-order valence-corrected chi connectivity index (χ0v) is 11.8. The fourth-order valence-electron chi connectivity index (χ4n) is 2.62. The Morgan fingerprint density at radius 1 is 1.61 bits per heavy atom. The van der Waals surface area contributed by atoms with Crippen molar-refractivity contribution in [3.63, 3.8) is 0 Å². The molecule has 0 aromatic carbocycles. The van der Waals surface area contributed by atoms with E-state index in [-0.39, 0.29) is 0 Å². The number of nitrogens with zero attached hydrogens (tertiary/aromatic N) is 2. The minimum absolute atomic E-state index is 0.518. The molecule has 2 heterocycles. The first-order valence-electron chi connectivity index (χ1n) is 7.04. The highest BCUT2D eigenvalue weighted by atomic mass is 16.4. The molecule has 18 heavy (non-hydrogen) atoms. The van der Waals surface area contributed by atoms with Crippen molar-refractivity contribution >= 4 is 0 Å². The minimum atomic E-state index is 0.518. The Kier molecular flexibility index (Phi) is 4.78. The normalized spacial score (nSPS) is 23.2. The predicted octanol–water partition coefficient (Wildman–Crippen LogP) is 2.06. The Hall–Kier alpha value is -0.870. The van der Waals surface area contributed by atoms with Crippen LogP contribution in [0.25, 0.3) is 0 Å². The lowest BCUT2D eigenvalue weighted by Gasteiger charge is -2.33. The third-order valence-corrected chi connectivity index (χ3v) is 3.89. The SMILES string of the molecule is CCc1cnc(CNC(C)C2CCCN(C)C2)o1. The molecule has 1 aromatic heterocycles. The van der Waals surface area contributed by atoms with E-state index in [0.717, 1.165) is 30.5 Å². The van der Waals surface area contributed by atoms with Gasteiger partial charge in [-0.15, -0.1) is 0 Å². The number of nitrogens with one attached hydrogen (secondary N) is 1. The summed E-state index contributed by atoms with van der Waals surface area (Å²) in [6, 6.07) is 0.518. The molecular weight excluding hydrogens is 226 g/mol. The number of rotatable bonds is 5. The molecule has 1 saturated heterocycles. The highest BCUT2D eigenvalue weighted by molar-refractivity contribution is 4.93. The summed E-state index contributed by atoms with van der Waals surface area (Å²) in [5.74, 6) is 2.52. The molecule has 2 atom stereocenters. The summed E-state index contributed by atoms with van der Waals surface area (Å²) in [5, 5.41) is 3.54. The largest absolute Gasteiger partial charge is 0.444 e. The first kappa shape index (κ1) is 13.6. The van der Waals surface area contributed by atoms with Crippen molar-refractivity contribution in [2.75, 3.05) is 20.1 Å². The van der Waals surface area contributed by atoms with Crippen molar-refractivity contribution in [3.8, 4) is 0 Å². The molecule has 0 bridgehead atoms. The lowest BCUT2D eigenvalue weighted by atomic mass is 9.92. The summed E-state index contributed by atoms with van der Waals surface area (Å²) in [4.78, 5) is 6.70. The molecule has 1 fully saturated rings. The zero-order valence-electron chi connectivity index (χ0n) is 11.8. The number of oxazole rings is 1. The fourth-order valence-corrected chi connectivity index (χ4v) is 2.62. The quantitative estimate of drug-likeness (QED) is 0.869. The maximum absolute atomic E-state index is 5.61. The van der Waals surface area contributed by atoms with Gasteiger partial charge in [0.25, 0.3) is 0 Å². The second-order valence-corrected chi connectivity index (χ2v) is 5.41. The molecule has 0 saturated carbocycles. The van der Waals surface area contributed by atoms with Crippen molar-refractivity contribution in [1.29, 1.82) is 0 Å².